The van der Waals surface area contributed by atoms with Crippen LogP contribution in [0.25, 0.3) is 0 Å². The lowest BCUT2D eigenvalue weighted by Crippen LogP contribution is -2.41. The molecule has 0 aromatic rings. The molecule has 1 fully saturated rings. The van der Waals surface area contributed by atoms with Gasteiger partial charge in [-0.1, -0.05) is 0 Å². The van der Waals surface area contributed by atoms with Crippen LogP contribution in [0.5, 0.6) is 0 Å². The maximum atomic E-state index is 10.3. The first-order valence-electron chi connectivity index (χ1n) is 3.32. The molecule has 0 aliphatic carbocycles. The van der Waals surface area contributed by atoms with Gasteiger partial charge in [0, 0.05) is 6.61 Å². The zero-order valence-corrected chi connectivity index (χ0v) is 5.62. The van der Waals surface area contributed by atoms with Gasteiger partial charge in [0.1, 0.15) is 6.04 Å². The van der Waals surface area contributed by atoms with Crippen molar-refractivity contribution in [2.24, 2.45) is 5.73 Å². The fraction of sp³-hybridized carbons (Fsp3) is 0.833. The lowest BCUT2D eigenvalue weighted by Gasteiger charge is -2.12. The molecule has 4 heteroatoms. The molecule has 0 saturated carbocycles. The topological polar surface area (TPSA) is 72.6 Å². The highest BCUT2D eigenvalue weighted by atomic mass is 16.5. The summed E-state index contributed by atoms with van der Waals surface area (Å²) in [4.78, 5) is 10.3. The molecule has 2 atom stereocenters. The predicted molar refractivity (Wildman–Crippen MR) is 34.6 cm³/mol. The summed E-state index contributed by atoms with van der Waals surface area (Å²) < 4.78 is 5.07. The number of ether oxygens (including phenoxy) is 1. The van der Waals surface area contributed by atoms with E-state index in [1.54, 1.807) is 0 Å². The molecule has 0 aromatic carbocycles. The van der Waals surface area contributed by atoms with E-state index in [0.717, 1.165) is 12.8 Å². The number of carbonyl (C=O) groups is 1. The summed E-state index contributed by atoms with van der Waals surface area (Å²) in [6, 6.07) is -0.845. The minimum Gasteiger partial charge on any atom is -0.480 e. The van der Waals surface area contributed by atoms with Crippen molar-refractivity contribution >= 4 is 5.97 Å². The normalized spacial score (nSPS) is 28.3. The van der Waals surface area contributed by atoms with Crippen molar-refractivity contribution < 1.29 is 14.6 Å². The molecule has 0 spiro atoms. The Hall–Kier alpha value is -0.610. The van der Waals surface area contributed by atoms with Crippen molar-refractivity contribution in [3.05, 3.63) is 0 Å². The summed E-state index contributed by atoms with van der Waals surface area (Å²) in [7, 11) is 0. The van der Waals surface area contributed by atoms with Crippen molar-refractivity contribution in [1.29, 1.82) is 0 Å². The number of rotatable bonds is 2. The van der Waals surface area contributed by atoms with Crippen molar-refractivity contribution in [3.63, 3.8) is 0 Å². The summed E-state index contributed by atoms with van der Waals surface area (Å²) >= 11 is 0. The summed E-state index contributed by atoms with van der Waals surface area (Å²) in [6.07, 6.45) is 1.43. The van der Waals surface area contributed by atoms with Crippen LogP contribution in [0, 0.1) is 0 Å². The molecule has 1 heterocycles. The van der Waals surface area contributed by atoms with Gasteiger partial charge in [-0.05, 0) is 12.8 Å². The smallest absolute Gasteiger partial charge is 0.323 e. The highest BCUT2D eigenvalue weighted by Crippen LogP contribution is 2.14. The van der Waals surface area contributed by atoms with Gasteiger partial charge in [0.2, 0.25) is 0 Å². The number of carboxylic acid groups (broad SMARTS) is 1. The van der Waals surface area contributed by atoms with Crippen LogP contribution in [-0.4, -0.2) is 29.8 Å². The van der Waals surface area contributed by atoms with Crippen molar-refractivity contribution in [3.8, 4) is 0 Å². The average Bonchev–Trinajstić information content (AvgIpc) is 2.36. The van der Waals surface area contributed by atoms with Crippen molar-refractivity contribution in [1.82, 2.24) is 0 Å². The first-order valence-corrected chi connectivity index (χ1v) is 3.32. The third kappa shape index (κ3) is 1.46. The van der Waals surface area contributed by atoms with Gasteiger partial charge in [-0.2, -0.15) is 0 Å². The second-order valence-electron chi connectivity index (χ2n) is 2.42. The van der Waals surface area contributed by atoms with Gasteiger partial charge in [-0.15, -0.1) is 0 Å². The van der Waals surface area contributed by atoms with Crippen molar-refractivity contribution in [2.45, 2.75) is 25.0 Å². The molecule has 1 aliphatic heterocycles. The second-order valence-corrected chi connectivity index (χ2v) is 2.42. The molecule has 1 aliphatic rings. The van der Waals surface area contributed by atoms with Crippen LogP contribution in [0.4, 0.5) is 0 Å². The van der Waals surface area contributed by atoms with Crippen molar-refractivity contribution in [2.75, 3.05) is 6.61 Å². The highest BCUT2D eigenvalue weighted by Gasteiger charge is 2.27. The second kappa shape index (κ2) is 2.98. The molecule has 1 saturated heterocycles. The monoisotopic (exact) mass is 145 g/mol. The van der Waals surface area contributed by atoms with Gasteiger partial charge < -0.3 is 15.6 Å². The number of hydrogen-bond acceptors (Lipinski definition) is 3. The van der Waals surface area contributed by atoms with Crippen LogP contribution in [-0.2, 0) is 9.53 Å². The minimum atomic E-state index is -0.980. The Morgan fingerprint density at radius 1 is 1.80 bits per heavy atom. The van der Waals surface area contributed by atoms with Gasteiger partial charge in [-0.25, -0.2) is 0 Å². The molecule has 0 unspecified atom stereocenters. The summed E-state index contributed by atoms with van der Waals surface area (Å²) in [6.45, 7) is 0.644. The SMILES string of the molecule is N[C@H](C(=O)O)[C@@H]1CCCO1. The number of aliphatic carboxylic acids is 1. The zero-order chi connectivity index (χ0) is 7.56. The standard InChI is InChI=1S/C6H11NO3/c7-5(6(8)9)4-2-1-3-10-4/h4-5H,1-3,7H2,(H,8,9)/t4-,5-/m0/s1. The molecular weight excluding hydrogens is 134 g/mol. The van der Waals surface area contributed by atoms with E-state index in [1.807, 2.05) is 0 Å². The van der Waals surface area contributed by atoms with E-state index in [4.69, 9.17) is 15.6 Å². The number of hydrogen-bond donors (Lipinski definition) is 2. The molecule has 0 amide bonds. The molecule has 0 aromatic heterocycles. The Morgan fingerprint density at radius 3 is 2.90 bits per heavy atom. The Balaban J connectivity index is 2.39. The zero-order valence-electron chi connectivity index (χ0n) is 5.62. The van der Waals surface area contributed by atoms with Crippen LogP contribution in [0.2, 0.25) is 0 Å². The lowest BCUT2D eigenvalue weighted by atomic mass is 10.1. The Morgan fingerprint density at radius 2 is 2.50 bits per heavy atom. The molecule has 10 heavy (non-hydrogen) atoms. The van der Waals surface area contributed by atoms with Crippen LogP contribution in [0.1, 0.15) is 12.8 Å². The average molecular weight is 145 g/mol. The van der Waals surface area contributed by atoms with Gasteiger partial charge in [-0.3, -0.25) is 4.79 Å². The molecular formula is C6H11NO3. The highest BCUT2D eigenvalue weighted by molar-refractivity contribution is 5.73. The Bertz CT molecular complexity index is 131. The number of nitrogens with two attached hydrogens (primary N) is 1. The van der Waals surface area contributed by atoms with Gasteiger partial charge >= 0.3 is 5.97 Å². The van der Waals surface area contributed by atoms with Crippen LogP contribution in [0.3, 0.4) is 0 Å². The van der Waals surface area contributed by atoms with Crippen LogP contribution < -0.4 is 5.73 Å². The van der Waals surface area contributed by atoms with Gasteiger partial charge in [0.15, 0.2) is 0 Å². The summed E-state index contributed by atoms with van der Waals surface area (Å²) in [5, 5.41) is 8.44. The fourth-order valence-electron chi connectivity index (χ4n) is 1.04. The first kappa shape index (κ1) is 7.50. The quantitative estimate of drug-likeness (QED) is 0.553. The summed E-state index contributed by atoms with van der Waals surface area (Å²) in [5.41, 5.74) is 5.30. The molecule has 1 rings (SSSR count). The molecule has 0 bridgehead atoms. The third-order valence-corrected chi connectivity index (χ3v) is 1.65. The van der Waals surface area contributed by atoms with Crippen LogP contribution >= 0.6 is 0 Å². The molecule has 58 valence electrons. The number of carboxylic acids is 1. The van der Waals surface area contributed by atoms with E-state index in [1.165, 1.54) is 0 Å². The van der Waals surface area contributed by atoms with E-state index in [9.17, 15) is 4.79 Å². The summed E-state index contributed by atoms with van der Waals surface area (Å²) in [5.74, 6) is -0.980. The lowest BCUT2D eigenvalue weighted by molar-refractivity contribution is -0.141. The largest absolute Gasteiger partial charge is 0.480 e. The Kier molecular flexibility index (Phi) is 2.24. The molecule has 0 radical (unpaired) electrons. The predicted octanol–water partition coefficient (Wildman–Crippen LogP) is -0.423. The van der Waals surface area contributed by atoms with Crippen LogP contribution in [0.15, 0.2) is 0 Å². The van der Waals surface area contributed by atoms with Gasteiger partial charge in [0.25, 0.3) is 0 Å². The van der Waals surface area contributed by atoms with E-state index in [2.05, 4.69) is 0 Å². The Labute approximate surface area is 59.0 Å². The van der Waals surface area contributed by atoms with E-state index >= 15 is 0 Å². The molecule has 3 N–H and O–H groups in total. The maximum Gasteiger partial charge on any atom is 0.323 e. The van der Waals surface area contributed by atoms with E-state index in [-0.39, 0.29) is 6.10 Å². The molecule has 4 nitrogen and oxygen atoms in total. The maximum absolute atomic E-state index is 10.3. The van der Waals surface area contributed by atoms with Gasteiger partial charge in [0.05, 0.1) is 6.10 Å². The van der Waals surface area contributed by atoms with E-state index < -0.39 is 12.0 Å². The first-order chi connectivity index (χ1) is 4.72. The minimum absolute atomic E-state index is 0.266. The third-order valence-electron chi connectivity index (χ3n) is 1.65. The fourth-order valence-corrected chi connectivity index (χ4v) is 1.04. The van der Waals surface area contributed by atoms with E-state index in [0.29, 0.717) is 6.61 Å².